The van der Waals surface area contributed by atoms with Gasteiger partial charge in [0.2, 0.25) is 0 Å². The van der Waals surface area contributed by atoms with Crippen molar-refractivity contribution in [3.05, 3.63) is 107 Å². The molecule has 4 nitrogen and oxygen atoms in total. The molecule has 1 N–H and O–H groups in total. The third-order valence-electron chi connectivity index (χ3n) is 5.88. The van der Waals surface area contributed by atoms with Gasteiger partial charge in [-0.15, -0.1) is 0 Å². The third kappa shape index (κ3) is 4.55. The van der Waals surface area contributed by atoms with Crippen molar-refractivity contribution < 1.29 is 19.4 Å². The van der Waals surface area contributed by atoms with Gasteiger partial charge in [0, 0.05) is 23.8 Å². The Kier molecular flexibility index (Phi) is 6.21. The van der Waals surface area contributed by atoms with E-state index in [1.165, 1.54) is 0 Å². The summed E-state index contributed by atoms with van der Waals surface area (Å²) in [7, 11) is 0. The van der Waals surface area contributed by atoms with E-state index in [-0.39, 0.29) is 25.2 Å². The number of benzene rings is 3. The SMILES string of the molecule is O=C1C[C@@H](c2ccc(Cl)cc2)[C@H](C(=O)OCc2ccccc2)[C@@](O)(c2ccccc2)C1. The number of aliphatic hydroxyl groups is 1. The molecular formula is C26H23ClO4. The second-order valence-electron chi connectivity index (χ2n) is 7.94. The minimum absolute atomic E-state index is 0.0987. The zero-order valence-electron chi connectivity index (χ0n) is 16.9. The molecule has 31 heavy (non-hydrogen) atoms. The Balaban J connectivity index is 1.73. The standard InChI is InChI=1S/C26H23ClO4/c27-21-13-11-19(12-14-21)23-15-22(28)16-26(30,20-9-5-2-6-10-20)24(23)25(29)31-17-18-7-3-1-4-8-18/h1-14,23-24,30H,15-17H2/t23-,24+,26-/m0/s1. The van der Waals surface area contributed by atoms with Crippen molar-refractivity contribution in [2.75, 3.05) is 0 Å². The highest BCUT2D eigenvalue weighted by molar-refractivity contribution is 6.30. The molecule has 1 saturated carbocycles. The van der Waals surface area contributed by atoms with Crippen molar-refractivity contribution in [1.82, 2.24) is 0 Å². The van der Waals surface area contributed by atoms with Crippen molar-refractivity contribution in [2.24, 2.45) is 5.92 Å². The number of carbonyl (C=O) groups is 2. The van der Waals surface area contributed by atoms with Gasteiger partial charge in [-0.1, -0.05) is 84.4 Å². The molecule has 1 fully saturated rings. The fraction of sp³-hybridized carbons (Fsp3) is 0.231. The number of ether oxygens (including phenoxy) is 1. The minimum atomic E-state index is -1.66. The van der Waals surface area contributed by atoms with Crippen LogP contribution in [0.2, 0.25) is 5.02 Å². The number of halogens is 1. The monoisotopic (exact) mass is 434 g/mol. The van der Waals surface area contributed by atoms with E-state index < -0.39 is 23.4 Å². The summed E-state index contributed by atoms with van der Waals surface area (Å²) < 4.78 is 5.66. The number of ketones is 1. The molecule has 3 aromatic rings. The normalized spacial score (nSPS) is 23.4. The van der Waals surface area contributed by atoms with Gasteiger partial charge in [0.15, 0.2) is 0 Å². The lowest BCUT2D eigenvalue weighted by atomic mass is 9.63. The van der Waals surface area contributed by atoms with E-state index in [9.17, 15) is 14.7 Å². The van der Waals surface area contributed by atoms with E-state index in [1.807, 2.05) is 36.4 Å². The van der Waals surface area contributed by atoms with Crippen LogP contribution in [0.4, 0.5) is 0 Å². The van der Waals surface area contributed by atoms with Crippen molar-refractivity contribution in [3.63, 3.8) is 0 Å². The molecule has 0 spiro atoms. The molecule has 0 bridgehead atoms. The van der Waals surface area contributed by atoms with E-state index in [4.69, 9.17) is 16.3 Å². The number of esters is 1. The van der Waals surface area contributed by atoms with Crippen LogP contribution in [0.1, 0.15) is 35.4 Å². The van der Waals surface area contributed by atoms with Gasteiger partial charge in [-0.25, -0.2) is 0 Å². The van der Waals surface area contributed by atoms with Crippen molar-refractivity contribution in [3.8, 4) is 0 Å². The lowest BCUT2D eigenvalue weighted by molar-refractivity contribution is -0.169. The van der Waals surface area contributed by atoms with Gasteiger partial charge in [-0.3, -0.25) is 9.59 Å². The Hall–Kier alpha value is -2.95. The Morgan fingerprint density at radius 2 is 1.58 bits per heavy atom. The second kappa shape index (κ2) is 9.04. The van der Waals surface area contributed by atoms with Crippen LogP contribution >= 0.6 is 11.6 Å². The van der Waals surface area contributed by atoms with Crippen molar-refractivity contribution in [2.45, 2.75) is 31.0 Å². The molecule has 1 aliphatic rings. The van der Waals surface area contributed by atoms with Crippen LogP contribution in [0, 0.1) is 5.92 Å². The molecule has 0 heterocycles. The van der Waals surface area contributed by atoms with Gasteiger partial charge >= 0.3 is 5.97 Å². The molecule has 0 amide bonds. The van der Waals surface area contributed by atoms with E-state index in [2.05, 4.69) is 0 Å². The molecule has 158 valence electrons. The summed E-state index contributed by atoms with van der Waals surface area (Å²) in [5.41, 5.74) is 0.500. The van der Waals surface area contributed by atoms with Crippen molar-refractivity contribution in [1.29, 1.82) is 0 Å². The van der Waals surface area contributed by atoms with Gasteiger partial charge in [0.25, 0.3) is 0 Å². The van der Waals surface area contributed by atoms with E-state index >= 15 is 0 Å². The Bertz CT molecular complexity index is 1050. The first-order valence-corrected chi connectivity index (χ1v) is 10.6. The zero-order chi connectivity index (χ0) is 21.8. The highest BCUT2D eigenvalue weighted by atomic mass is 35.5. The summed E-state index contributed by atoms with van der Waals surface area (Å²) in [6.45, 7) is 0.0995. The Morgan fingerprint density at radius 1 is 0.968 bits per heavy atom. The lowest BCUT2D eigenvalue weighted by Crippen LogP contribution is -2.49. The first kappa shape index (κ1) is 21.3. The molecule has 3 aromatic carbocycles. The van der Waals surface area contributed by atoms with Crippen LogP contribution in [0.5, 0.6) is 0 Å². The molecule has 0 saturated heterocycles. The number of Topliss-reactive ketones (excluding diaryl/α,β-unsaturated/α-hetero) is 1. The molecule has 0 unspecified atom stereocenters. The smallest absolute Gasteiger partial charge is 0.313 e. The van der Waals surface area contributed by atoms with Gasteiger partial charge in [-0.05, 0) is 28.8 Å². The number of carbonyl (C=O) groups excluding carboxylic acids is 2. The zero-order valence-corrected chi connectivity index (χ0v) is 17.7. The molecule has 3 atom stereocenters. The number of hydrogen-bond donors (Lipinski definition) is 1. The quantitative estimate of drug-likeness (QED) is 0.572. The van der Waals surface area contributed by atoms with Crippen LogP contribution < -0.4 is 0 Å². The highest BCUT2D eigenvalue weighted by Crippen LogP contribution is 2.48. The fourth-order valence-corrected chi connectivity index (χ4v) is 4.51. The van der Waals surface area contributed by atoms with Gasteiger partial charge in [0.1, 0.15) is 18.0 Å². The van der Waals surface area contributed by atoms with Crippen LogP contribution in [0.3, 0.4) is 0 Å². The Morgan fingerprint density at radius 3 is 2.23 bits per heavy atom. The summed E-state index contributed by atoms with van der Waals surface area (Å²) in [5, 5.41) is 12.3. The number of hydrogen-bond acceptors (Lipinski definition) is 4. The van der Waals surface area contributed by atoms with Crippen LogP contribution in [0.15, 0.2) is 84.9 Å². The molecule has 0 aliphatic heterocycles. The maximum absolute atomic E-state index is 13.4. The molecule has 0 aromatic heterocycles. The van der Waals surface area contributed by atoms with E-state index in [1.54, 1.807) is 48.5 Å². The summed E-state index contributed by atoms with van der Waals surface area (Å²) in [6.07, 6.45) is 0.0219. The van der Waals surface area contributed by atoms with Crippen LogP contribution in [-0.2, 0) is 26.5 Å². The summed E-state index contributed by atoms with van der Waals surface area (Å²) in [5.74, 6) is -2.08. The lowest BCUT2D eigenvalue weighted by Gasteiger charge is -2.43. The predicted molar refractivity (Wildman–Crippen MR) is 119 cm³/mol. The summed E-state index contributed by atoms with van der Waals surface area (Å²) in [6, 6.07) is 25.3. The molecule has 5 heteroatoms. The maximum atomic E-state index is 13.4. The van der Waals surface area contributed by atoms with Gasteiger partial charge < -0.3 is 9.84 Å². The Labute approximate surface area is 186 Å². The molecule has 1 aliphatic carbocycles. The van der Waals surface area contributed by atoms with Crippen LogP contribution in [-0.4, -0.2) is 16.9 Å². The second-order valence-corrected chi connectivity index (χ2v) is 8.38. The van der Waals surface area contributed by atoms with Gasteiger partial charge in [0.05, 0.1) is 5.92 Å². The van der Waals surface area contributed by atoms with Gasteiger partial charge in [-0.2, -0.15) is 0 Å². The first-order valence-electron chi connectivity index (χ1n) is 10.2. The maximum Gasteiger partial charge on any atom is 0.313 e. The van der Waals surface area contributed by atoms with E-state index in [0.29, 0.717) is 10.6 Å². The topological polar surface area (TPSA) is 63.6 Å². The third-order valence-corrected chi connectivity index (χ3v) is 6.13. The average Bonchev–Trinajstić information content (AvgIpc) is 2.79. The predicted octanol–water partition coefficient (Wildman–Crippen LogP) is 5.03. The minimum Gasteiger partial charge on any atom is -0.460 e. The summed E-state index contributed by atoms with van der Waals surface area (Å²) in [4.78, 5) is 26.1. The highest BCUT2D eigenvalue weighted by Gasteiger charge is 2.53. The molecule has 0 radical (unpaired) electrons. The number of rotatable bonds is 5. The van der Waals surface area contributed by atoms with Crippen molar-refractivity contribution >= 4 is 23.4 Å². The summed E-state index contributed by atoms with van der Waals surface area (Å²) >= 11 is 6.04. The fourth-order valence-electron chi connectivity index (χ4n) is 4.39. The average molecular weight is 435 g/mol. The molecular weight excluding hydrogens is 412 g/mol. The first-order chi connectivity index (χ1) is 15.0. The molecule has 4 rings (SSSR count). The van der Waals surface area contributed by atoms with E-state index in [0.717, 1.165) is 11.1 Å². The largest absolute Gasteiger partial charge is 0.460 e. The van der Waals surface area contributed by atoms with Crippen LogP contribution in [0.25, 0.3) is 0 Å².